The van der Waals surface area contributed by atoms with E-state index < -0.39 is 0 Å². The summed E-state index contributed by atoms with van der Waals surface area (Å²) in [6, 6.07) is 7.07. The van der Waals surface area contributed by atoms with Crippen molar-refractivity contribution >= 4 is 17.5 Å². The monoisotopic (exact) mass is 287 g/mol. The molecule has 0 radical (unpaired) electrons. The summed E-state index contributed by atoms with van der Waals surface area (Å²) in [6.45, 7) is 4.74. The molecule has 2 atom stereocenters. The van der Waals surface area contributed by atoms with Crippen LogP contribution in [0.1, 0.15) is 23.7 Å². The van der Waals surface area contributed by atoms with E-state index in [1.165, 1.54) is 0 Å². The normalized spacial score (nSPS) is 24.0. The Kier molecular flexibility index (Phi) is 3.92. The number of anilines is 1. The molecule has 0 bridgehead atoms. The maximum absolute atomic E-state index is 12.0. The fourth-order valence-electron chi connectivity index (χ4n) is 2.46. The second-order valence-corrected chi connectivity index (χ2v) is 6.12. The summed E-state index contributed by atoms with van der Waals surface area (Å²) in [7, 11) is 0. The van der Waals surface area contributed by atoms with Crippen LogP contribution in [0.4, 0.5) is 5.69 Å². The van der Waals surface area contributed by atoms with Crippen LogP contribution in [0.25, 0.3) is 0 Å². The number of amides is 2. The van der Waals surface area contributed by atoms with Crippen molar-refractivity contribution in [2.75, 3.05) is 25.0 Å². The van der Waals surface area contributed by atoms with Gasteiger partial charge in [-0.25, -0.2) is 0 Å². The number of carbonyl (C=O) groups is 2. The molecule has 1 aromatic carbocycles. The van der Waals surface area contributed by atoms with E-state index in [1.807, 2.05) is 0 Å². The van der Waals surface area contributed by atoms with Crippen LogP contribution in [-0.4, -0.2) is 31.4 Å². The number of carbonyl (C=O) groups excluding carboxylic acids is 2. The van der Waals surface area contributed by atoms with Crippen molar-refractivity contribution in [3.8, 4) is 0 Å². The Hall–Kier alpha value is -1.88. The van der Waals surface area contributed by atoms with Crippen molar-refractivity contribution in [3.63, 3.8) is 0 Å². The summed E-state index contributed by atoms with van der Waals surface area (Å²) in [4.78, 5) is 23.8. The lowest BCUT2D eigenvalue weighted by molar-refractivity contribution is -0.117. The molecule has 2 fully saturated rings. The van der Waals surface area contributed by atoms with Gasteiger partial charge in [0.25, 0.3) is 5.91 Å². The smallest absolute Gasteiger partial charge is 0.251 e. The van der Waals surface area contributed by atoms with Gasteiger partial charge in [-0.15, -0.1) is 0 Å². The highest BCUT2D eigenvalue weighted by Crippen LogP contribution is 2.38. The Morgan fingerprint density at radius 2 is 1.90 bits per heavy atom. The van der Waals surface area contributed by atoms with Gasteiger partial charge < -0.3 is 16.0 Å². The molecular formula is C16H21N3O2. The zero-order valence-corrected chi connectivity index (χ0v) is 12.2. The van der Waals surface area contributed by atoms with Crippen molar-refractivity contribution in [1.82, 2.24) is 10.6 Å². The van der Waals surface area contributed by atoms with Gasteiger partial charge in [0.15, 0.2) is 0 Å². The van der Waals surface area contributed by atoms with Gasteiger partial charge in [-0.3, -0.25) is 9.59 Å². The molecule has 2 amide bonds. The highest BCUT2D eigenvalue weighted by atomic mass is 16.2. The molecule has 1 saturated carbocycles. The molecule has 5 nitrogen and oxygen atoms in total. The number of hydrogen-bond donors (Lipinski definition) is 3. The lowest BCUT2D eigenvalue weighted by atomic mass is 10.0. The zero-order chi connectivity index (χ0) is 14.8. The van der Waals surface area contributed by atoms with Crippen LogP contribution >= 0.6 is 0 Å². The topological polar surface area (TPSA) is 70.2 Å². The van der Waals surface area contributed by atoms with Gasteiger partial charge >= 0.3 is 0 Å². The number of rotatable bonds is 5. The number of nitrogens with one attached hydrogen (secondary N) is 3. The maximum Gasteiger partial charge on any atom is 0.251 e. The van der Waals surface area contributed by atoms with E-state index in [9.17, 15) is 9.59 Å². The Bertz CT molecular complexity index is 537. The summed E-state index contributed by atoms with van der Waals surface area (Å²) in [5.41, 5.74) is 1.37. The molecule has 1 aromatic rings. The first kappa shape index (κ1) is 14.1. The summed E-state index contributed by atoms with van der Waals surface area (Å²) < 4.78 is 0. The quantitative estimate of drug-likeness (QED) is 0.763. The first-order valence-corrected chi connectivity index (χ1v) is 7.53. The first-order valence-electron chi connectivity index (χ1n) is 7.53. The fraction of sp³-hybridized carbons (Fsp3) is 0.500. The number of hydrogen-bond acceptors (Lipinski definition) is 3. The standard InChI is InChI=1S/C16H21N3O2/c1-10-6-14(10)16(21)19-13-4-2-12(3-5-13)15(20)18-9-11-7-17-8-11/h2-5,10-11,14,17H,6-9H2,1H3,(H,18,20)(H,19,21). The lowest BCUT2D eigenvalue weighted by Gasteiger charge is -2.27. The predicted molar refractivity (Wildman–Crippen MR) is 81.0 cm³/mol. The van der Waals surface area contributed by atoms with Gasteiger partial charge in [0.05, 0.1) is 0 Å². The van der Waals surface area contributed by atoms with Gasteiger partial charge in [0.1, 0.15) is 0 Å². The lowest BCUT2D eigenvalue weighted by Crippen LogP contribution is -2.48. The highest BCUT2D eigenvalue weighted by Gasteiger charge is 2.39. The molecule has 2 unspecified atom stereocenters. The summed E-state index contributed by atoms with van der Waals surface area (Å²) in [5, 5.41) is 8.99. The van der Waals surface area contributed by atoms with E-state index in [4.69, 9.17) is 0 Å². The maximum atomic E-state index is 12.0. The van der Waals surface area contributed by atoms with Crippen LogP contribution in [0.5, 0.6) is 0 Å². The third kappa shape index (κ3) is 3.42. The van der Waals surface area contributed by atoms with Crippen LogP contribution in [-0.2, 0) is 4.79 Å². The van der Waals surface area contributed by atoms with Gasteiger partial charge in [0, 0.05) is 42.7 Å². The van der Waals surface area contributed by atoms with E-state index in [-0.39, 0.29) is 17.7 Å². The molecular weight excluding hydrogens is 266 g/mol. The molecule has 112 valence electrons. The largest absolute Gasteiger partial charge is 0.352 e. The number of benzene rings is 1. The third-order valence-corrected chi connectivity index (χ3v) is 4.28. The minimum Gasteiger partial charge on any atom is -0.352 e. The first-order chi connectivity index (χ1) is 10.1. The summed E-state index contributed by atoms with van der Waals surface area (Å²) in [6.07, 6.45) is 0.975. The molecule has 3 rings (SSSR count). The van der Waals surface area contributed by atoms with Crippen molar-refractivity contribution in [2.24, 2.45) is 17.8 Å². The van der Waals surface area contributed by atoms with E-state index in [2.05, 4.69) is 22.9 Å². The molecule has 0 aromatic heterocycles. The minimum atomic E-state index is -0.0596. The zero-order valence-electron chi connectivity index (χ0n) is 12.2. The minimum absolute atomic E-state index is 0.0596. The van der Waals surface area contributed by atoms with E-state index in [1.54, 1.807) is 24.3 Å². The summed E-state index contributed by atoms with van der Waals surface area (Å²) >= 11 is 0. The fourth-order valence-corrected chi connectivity index (χ4v) is 2.46. The van der Waals surface area contributed by atoms with Gasteiger partial charge in [-0.2, -0.15) is 0 Å². The Labute approximate surface area is 124 Å². The van der Waals surface area contributed by atoms with Crippen LogP contribution < -0.4 is 16.0 Å². The second-order valence-electron chi connectivity index (χ2n) is 6.12. The average molecular weight is 287 g/mol. The predicted octanol–water partition coefficient (Wildman–Crippen LogP) is 1.23. The van der Waals surface area contributed by atoms with Crippen molar-refractivity contribution < 1.29 is 9.59 Å². The van der Waals surface area contributed by atoms with Gasteiger partial charge in [-0.05, 0) is 36.6 Å². The molecule has 21 heavy (non-hydrogen) atoms. The van der Waals surface area contributed by atoms with Crippen LogP contribution in [0.2, 0.25) is 0 Å². The molecule has 1 aliphatic heterocycles. The average Bonchev–Trinajstić information content (AvgIpc) is 3.15. The van der Waals surface area contributed by atoms with E-state index >= 15 is 0 Å². The molecule has 3 N–H and O–H groups in total. The molecule has 2 aliphatic rings. The molecule has 1 heterocycles. The van der Waals surface area contributed by atoms with Gasteiger partial charge in [-0.1, -0.05) is 6.92 Å². The third-order valence-electron chi connectivity index (χ3n) is 4.28. The van der Waals surface area contributed by atoms with E-state index in [0.29, 0.717) is 23.9 Å². The SMILES string of the molecule is CC1CC1C(=O)Nc1ccc(C(=O)NCC2CNC2)cc1. The molecule has 5 heteroatoms. The molecule has 1 saturated heterocycles. The van der Waals surface area contributed by atoms with Crippen LogP contribution in [0.3, 0.4) is 0 Å². The summed E-state index contributed by atoms with van der Waals surface area (Å²) in [5.74, 6) is 1.22. The highest BCUT2D eigenvalue weighted by molar-refractivity contribution is 5.96. The second kappa shape index (κ2) is 5.85. The Morgan fingerprint density at radius 1 is 1.24 bits per heavy atom. The Balaban J connectivity index is 1.50. The van der Waals surface area contributed by atoms with Crippen molar-refractivity contribution in [3.05, 3.63) is 29.8 Å². The van der Waals surface area contributed by atoms with Crippen LogP contribution in [0.15, 0.2) is 24.3 Å². The molecule has 1 aliphatic carbocycles. The molecule has 0 spiro atoms. The van der Waals surface area contributed by atoms with Crippen LogP contribution in [0, 0.1) is 17.8 Å². The van der Waals surface area contributed by atoms with Crippen molar-refractivity contribution in [1.29, 1.82) is 0 Å². The van der Waals surface area contributed by atoms with Crippen molar-refractivity contribution in [2.45, 2.75) is 13.3 Å². The van der Waals surface area contributed by atoms with E-state index in [0.717, 1.165) is 25.2 Å². The Morgan fingerprint density at radius 3 is 2.43 bits per heavy atom. The van der Waals surface area contributed by atoms with Gasteiger partial charge in [0.2, 0.25) is 5.91 Å².